The summed E-state index contributed by atoms with van der Waals surface area (Å²) in [7, 11) is 0. The molecular formula is C11H22N6O2. The molecule has 0 aliphatic rings. The topological polar surface area (TPSA) is 118 Å². The first-order chi connectivity index (χ1) is 9.06. The monoisotopic (exact) mass is 270 g/mol. The number of nitrogens with two attached hydrogens (primary N) is 1. The van der Waals surface area contributed by atoms with E-state index in [0.717, 1.165) is 6.42 Å². The third kappa shape index (κ3) is 4.49. The molecule has 1 aromatic rings. The van der Waals surface area contributed by atoms with E-state index in [9.17, 15) is 5.11 Å². The molecular weight excluding hydrogens is 248 g/mol. The van der Waals surface area contributed by atoms with Crippen LogP contribution in [0.4, 0.5) is 11.9 Å². The number of anilines is 2. The lowest BCUT2D eigenvalue weighted by Crippen LogP contribution is -2.38. The van der Waals surface area contributed by atoms with Gasteiger partial charge < -0.3 is 15.2 Å². The summed E-state index contributed by atoms with van der Waals surface area (Å²) < 4.78 is 5.36. The predicted octanol–water partition coefficient (Wildman–Crippen LogP) is 0.519. The molecule has 1 unspecified atom stereocenters. The molecule has 0 bridgehead atoms. The number of nitrogens with zero attached hydrogens (tertiary/aromatic N) is 3. The highest BCUT2D eigenvalue weighted by atomic mass is 16.5. The predicted molar refractivity (Wildman–Crippen MR) is 72.8 cm³/mol. The van der Waals surface area contributed by atoms with Crippen molar-refractivity contribution in [1.29, 1.82) is 0 Å². The van der Waals surface area contributed by atoms with Crippen molar-refractivity contribution in [3.05, 3.63) is 0 Å². The maximum atomic E-state index is 9.38. The Hall–Kier alpha value is -1.67. The summed E-state index contributed by atoms with van der Waals surface area (Å²) in [5, 5.41) is 12.4. The zero-order valence-electron chi connectivity index (χ0n) is 11.6. The maximum absolute atomic E-state index is 9.38. The molecule has 0 amide bonds. The molecule has 0 saturated carbocycles. The van der Waals surface area contributed by atoms with Gasteiger partial charge in [0.1, 0.15) is 0 Å². The summed E-state index contributed by atoms with van der Waals surface area (Å²) in [6.07, 6.45) is 1.56. The van der Waals surface area contributed by atoms with Gasteiger partial charge in [0.05, 0.1) is 18.8 Å². The first kappa shape index (κ1) is 15.4. The van der Waals surface area contributed by atoms with Crippen LogP contribution in [-0.4, -0.2) is 38.8 Å². The van der Waals surface area contributed by atoms with Crippen molar-refractivity contribution in [1.82, 2.24) is 15.0 Å². The highest BCUT2D eigenvalue weighted by Crippen LogP contribution is 2.17. The minimum Gasteiger partial charge on any atom is -0.463 e. The van der Waals surface area contributed by atoms with Crippen LogP contribution in [0.25, 0.3) is 0 Å². The summed E-state index contributed by atoms with van der Waals surface area (Å²) in [5.74, 6) is 5.83. The summed E-state index contributed by atoms with van der Waals surface area (Å²) in [6, 6.07) is 0.198. The van der Waals surface area contributed by atoms with Gasteiger partial charge in [0, 0.05) is 0 Å². The Kier molecular flexibility index (Phi) is 5.71. The van der Waals surface area contributed by atoms with Crippen molar-refractivity contribution in [3.8, 4) is 6.01 Å². The molecule has 0 aromatic carbocycles. The van der Waals surface area contributed by atoms with E-state index in [1.54, 1.807) is 0 Å². The van der Waals surface area contributed by atoms with Crippen LogP contribution in [-0.2, 0) is 0 Å². The van der Waals surface area contributed by atoms with Crippen LogP contribution in [0.2, 0.25) is 0 Å². The molecule has 0 radical (unpaired) electrons. The fraction of sp³-hybridized carbons (Fsp3) is 0.727. The third-order valence-corrected chi connectivity index (χ3v) is 2.72. The van der Waals surface area contributed by atoms with Crippen LogP contribution in [0.15, 0.2) is 0 Å². The fourth-order valence-electron chi connectivity index (χ4n) is 1.24. The minimum absolute atomic E-state index is 0.0360. The number of aliphatic hydroxyl groups excluding tert-OH is 1. The molecule has 0 saturated heterocycles. The number of hydrogen-bond donors (Lipinski definition) is 4. The highest BCUT2D eigenvalue weighted by molar-refractivity contribution is 5.37. The van der Waals surface area contributed by atoms with E-state index >= 15 is 0 Å². The fourth-order valence-corrected chi connectivity index (χ4v) is 1.24. The Morgan fingerprint density at radius 1 is 1.26 bits per heavy atom. The van der Waals surface area contributed by atoms with Gasteiger partial charge in [-0.15, -0.1) is 0 Å². The molecule has 5 N–H and O–H groups in total. The summed E-state index contributed by atoms with van der Waals surface area (Å²) >= 11 is 0. The van der Waals surface area contributed by atoms with Crippen molar-refractivity contribution in [3.63, 3.8) is 0 Å². The molecule has 1 heterocycles. The number of ether oxygens (including phenoxy) is 1. The quantitative estimate of drug-likeness (QED) is 0.399. The van der Waals surface area contributed by atoms with E-state index in [-0.39, 0.29) is 18.6 Å². The number of nitrogen functional groups attached to an aromatic ring is 1. The van der Waals surface area contributed by atoms with Crippen molar-refractivity contribution < 1.29 is 9.84 Å². The first-order valence-electron chi connectivity index (χ1n) is 6.31. The van der Waals surface area contributed by atoms with E-state index in [4.69, 9.17) is 10.6 Å². The number of rotatable bonds is 8. The zero-order valence-corrected chi connectivity index (χ0v) is 11.6. The maximum Gasteiger partial charge on any atom is 0.323 e. The molecule has 1 rings (SSSR count). The lowest BCUT2D eigenvalue weighted by atomic mass is 10.0. The van der Waals surface area contributed by atoms with Crippen LogP contribution >= 0.6 is 0 Å². The number of aliphatic hydroxyl groups is 1. The first-order valence-corrected chi connectivity index (χ1v) is 6.31. The Labute approximate surface area is 112 Å². The van der Waals surface area contributed by atoms with Gasteiger partial charge in [0.15, 0.2) is 0 Å². The van der Waals surface area contributed by atoms with Crippen LogP contribution in [0.3, 0.4) is 0 Å². The van der Waals surface area contributed by atoms with E-state index < -0.39 is 5.54 Å². The van der Waals surface area contributed by atoms with E-state index in [1.165, 1.54) is 0 Å². The molecule has 19 heavy (non-hydrogen) atoms. The van der Waals surface area contributed by atoms with Gasteiger partial charge >= 0.3 is 6.01 Å². The molecule has 1 aromatic heterocycles. The minimum atomic E-state index is -0.505. The van der Waals surface area contributed by atoms with Crippen molar-refractivity contribution in [2.45, 2.75) is 39.2 Å². The van der Waals surface area contributed by atoms with Gasteiger partial charge in [-0.05, 0) is 19.8 Å². The Bertz CT molecular complexity index is 397. The Morgan fingerprint density at radius 3 is 2.47 bits per heavy atom. The lowest BCUT2D eigenvalue weighted by Gasteiger charge is -2.27. The largest absolute Gasteiger partial charge is 0.463 e. The third-order valence-electron chi connectivity index (χ3n) is 2.72. The smallest absolute Gasteiger partial charge is 0.323 e. The molecule has 0 fully saturated rings. The lowest BCUT2D eigenvalue weighted by molar-refractivity contribution is 0.218. The molecule has 8 heteroatoms. The summed E-state index contributed by atoms with van der Waals surface area (Å²) in [6.45, 7) is 6.30. The molecule has 108 valence electrons. The number of hydrogen-bond acceptors (Lipinski definition) is 8. The van der Waals surface area contributed by atoms with Crippen molar-refractivity contribution in [2.24, 2.45) is 5.84 Å². The summed E-state index contributed by atoms with van der Waals surface area (Å²) in [5.41, 5.74) is 1.86. The van der Waals surface area contributed by atoms with Gasteiger partial charge in [-0.1, -0.05) is 13.8 Å². The molecule has 0 spiro atoms. The van der Waals surface area contributed by atoms with E-state index in [0.29, 0.717) is 19.0 Å². The number of nitrogens with one attached hydrogen (secondary N) is 2. The standard InChI is InChI=1S/C11H22N6O2/c1-4-6-19-10-14-8(13-9(15-10)17-12)16-11(3,5-2)7-18/h18H,4-7,12H2,1-3H3,(H2,13,14,15,16,17). The van der Waals surface area contributed by atoms with E-state index in [1.807, 2.05) is 20.8 Å². The second-order valence-electron chi connectivity index (χ2n) is 4.46. The van der Waals surface area contributed by atoms with Crippen molar-refractivity contribution >= 4 is 11.9 Å². The SMILES string of the molecule is CCCOc1nc(NN)nc(NC(C)(CC)CO)n1. The normalized spacial score (nSPS) is 13.7. The molecule has 0 aliphatic heterocycles. The number of aromatic nitrogens is 3. The average molecular weight is 270 g/mol. The molecule has 1 atom stereocenters. The van der Waals surface area contributed by atoms with Crippen LogP contribution in [0.1, 0.15) is 33.6 Å². The van der Waals surface area contributed by atoms with E-state index in [2.05, 4.69) is 25.7 Å². The Balaban J connectivity index is 2.92. The van der Waals surface area contributed by atoms with Crippen molar-refractivity contribution in [2.75, 3.05) is 24.0 Å². The number of hydrazine groups is 1. The average Bonchev–Trinajstić information content (AvgIpc) is 2.44. The molecule has 0 aliphatic carbocycles. The highest BCUT2D eigenvalue weighted by Gasteiger charge is 2.22. The van der Waals surface area contributed by atoms with Crippen LogP contribution < -0.4 is 21.3 Å². The zero-order chi connectivity index (χ0) is 14.3. The van der Waals surface area contributed by atoms with Gasteiger partial charge in [0.2, 0.25) is 11.9 Å². The van der Waals surface area contributed by atoms with Crippen LogP contribution in [0.5, 0.6) is 6.01 Å². The van der Waals surface area contributed by atoms with Gasteiger partial charge in [-0.2, -0.15) is 15.0 Å². The van der Waals surface area contributed by atoms with Gasteiger partial charge in [-0.25, -0.2) is 5.84 Å². The second kappa shape index (κ2) is 7.05. The molecule has 8 nitrogen and oxygen atoms in total. The van der Waals surface area contributed by atoms with Gasteiger partial charge in [-0.3, -0.25) is 5.43 Å². The Morgan fingerprint density at radius 2 is 1.95 bits per heavy atom. The second-order valence-corrected chi connectivity index (χ2v) is 4.46. The summed E-state index contributed by atoms with van der Waals surface area (Å²) in [4.78, 5) is 12.2. The van der Waals surface area contributed by atoms with Gasteiger partial charge in [0.25, 0.3) is 0 Å². The van der Waals surface area contributed by atoms with Crippen LogP contribution in [0, 0.1) is 0 Å².